The molecule has 2 saturated heterocycles. The molecule has 4 heterocycles. The van der Waals surface area contributed by atoms with Crippen molar-refractivity contribution >= 4 is 28.7 Å². The number of nitrogens with zero attached hydrogens (tertiary/aromatic N) is 3. The third kappa shape index (κ3) is 2.93. The van der Waals surface area contributed by atoms with Gasteiger partial charge < -0.3 is 5.32 Å². The van der Waals surface area contributed by atoms with Crippen LogP contribution in [0.1, 0.15) is 30.7 Å². The molecule has 0 saturated carbocycles. The van der Waals surface area contributed by atoms with Crippen LogP contribution < -0.4 is 10.9 Å². The summed E-state index contributed by atoms with van der Waals surface area (Å²) in [7, 11) is 0. The first-order valence-corrected chi connectivity index (χ1v) is 8.52. The summed E-state index contributed by atoms with van der Waals surface area (Å²) in [4.78, 5) is 20.1. The second kappa shape index (κ2) is 6.28. The minimum Gasteiger partial charge on any atom is -0.310 e. The summed E-state index contributed by atoms with van der Waals surface area (Å²) >= 11 is 1.54. The van der Waals surface area contributed by atoms with Crippen LogP contribution in [0.5, 0.6) is 0 Å². The molecule has 0 radical (unpaired) electrons. The quantitative estimate of drug-likeness (QED) is 0.906. The van der Waals surface area contributed by atoms with E-state index in [1.54, 1.807) is 21.8 Å². The molecule has 0 spiro atoms. The van der Waals surface area contributed by atoms with Gasteiger partial charge in [-0.2, -0.15) is 0 Å². The average Bonchev–Trinajstić information content (AvgIpc) is 2.96. The lowest BCUT2D eigenvalue weighted by Crippen LogP contribution is -2.35. The molecule has 120 valence electrons. The van der Waals surface area contributed by atoms with Gasteiger partial charge in [0.25, 0.3) is 5.56 Å². The first kappa shape index (κ1) is 15.9. The maximum absolute atomic E-state index is 12.2. The van der Waals surface area contributed by atoms with Gasteiger partial charge in [-0.15, -0.1) is 23.7 Å². The van der Waals surface area contributed by atoms with Crippen molar-refractivity contribution in [2.75, 3.05) is 13.1 Å². The van der Waals surface area contributed by atoms with Crippen LogP contribution in [0, 0.1) is 6.92 Å². The number of aryl methyl sites for hydroxylation is 1. The summed E-state index contributed by atoms with van der Waals surface area (Å²) in [5.74, 6) is 0. The molecular formula is C15H21ClN4OS. The number of halogens is 1. The Morgan fingerprint density at radius 1 is 1.36 bits per heavy atom. The predicted octanol–water partition coefficient (Wildman–Crippen LogP) is 1.81. The molecule has 22 heavy (non-hydrogen) atoms. The number of thiazole rings is 1. The van der Waals surface area contributed by atoms with E-state index >= 15 is 0 Å². The number of aromatic nitrogens is 2. The monoisotopic (exact) mass is 340 g/mol. The molecule has 2 bridgehead atoms. The Hall–Kier alpha value is -0.950. The van der Waals surface area contributed by atoms with Gasteiger partial charge in [-0.05, 0) is 26.2 Å². The van der Waals surface area contributed by atoms with Crippen LogP contribution in [-0.4, -0.2) is 39.5 Å². The molecule has 4 rings (SSSR count). The molecule has 0 aromatic carbocycles. The number of fused-ring (bicyclic) bond motifs is 3. The second-order valence-electron chi connectivity index (χ2n) is 6.24. The van der Waals surface area contributed by atoms with E-state index in [0.717, 1.165) is 36.0 Å². The summed E-state index contributed by atoms with van der Waals surface area (Å²) in [6.45, 7) is 4.90. The number of rotatable bonds is 2. The molecule has 2 aliphatic heterocycles. The van der Waals surface area contributed by atoms with Gasteiger partial charge in [0.15, 0.2) is 4.96 Å². The largest absolute Gasteiger partial charge is 0.310 e. The smallest absolute Gasteiger partial charge is 0.259 e. The molecule has 7 heteroatoms. The lowest BCUT2D eigenvalue weighted by Gasteiger charge is -2.23. The second-order valence-corrected chi connectivity index (χ2v) is 7.08. The zero-order valence-electron chi connectivity index (χ0n) is 12.6. The normalized spacial score (nSPS) is 25.1. The Kier molecular flexibility index (Phi) is 4.54. The van der Waals surface area contributed by atoms with Crippen LogP contribution in [0.2, 0.25) is 0 Å². The molecule has 2 atom stereocenters. The molecule has 2 aromatic heterocycles. The van der Waals surface area contributed by atoms with Crippen LogP contribution in [0.3, 0.4) is 0 Å². The highest BCUT2D eigenvalue weighted by molar-refractivity contribution is 7.15. The first-order chi connectivity index (χ1) is 10.2. The molecule has 0 amide bonds. The number of likely N-dealkylation sites (tertiary alicyclic amines) is 1. The van der Waals surface area contributed by atoms with Crippen molar-refractivity contribution in [3.8, 4) is 0 Å². The van der Waals surface area contributed by atoms with Crippen LogP contribution in [0.15, 0.2) is 16.2 Å². The van der Waals surface area contributed by atoms with Gasteiger partial charge >= 0.3 is 0 Å². The number of nitrogens with one attached hydrogen (secondary N) is 1. The van der Waals surface area contributed by atoms with Crippen molar-refractivity contribution in [2.45, 2.75) is 44.8 Å². The third-order valence-corrected chi connectivity index (χ3v) is 5.57. The average molecular weight is 341 g/mol. The molecule has 1 N–H and O–H groups in total. The first-order valence-electron chi connectivity index (χ1n) is 7.64. The van der Waals surface area contributed by atoms with E-state index in [4.69, 9.17) is 0 Å². The summed E-state index contributed by atoms with van der Waals surface area (Å²) in [5.41, 5.74) is 1.91. The number of hydrogen-bond donors (Lipinski definition) is 1. The van der Waals surface area contributed by atoms with Crippen LogP contribution in [-0.2, 0) is 6.54 Å². The van der Waals surface area contributed by atoms with Gasteiger partial charge in [-0.1, -0.05) is 0 Å². The highest BCUT2D eigenvalue weighted by atomic mass is 35.5. The maximum atomic E-state index is 12.2. The summed E-state index contributed by atoms with van der Waals surface area (Å²) in [6.07, 6.45) is 3.80. The van der Waals surface area contributed by atoms with Gasteiger partial charge in [0, 0.05) is 48.9 Å². The SMILES string of the molecule is Cc1csc2nc(CN3CCC4CCC(C3)N4)cc(=O)n12.Cl. The maximum Gasteiger partial charge on any atom is 0.259 e. The van der Waals surface area contributed by atoms with E-state index in [2.05, 4.69) is 15.2 Å². The van der Waals surface area contributed by atoms with Gasteiger partial charge in [0.1, 0.15) is 0 Å². The van der Waals surface area contributed by atoms with Gasteiger partial charge in [-0.3, -0.25) is 14.1 Å². The standard InChI is InChI=1S/C15H20N4OS.ClH/c1-10-9-21-15-17-13(6-14(20)19(10)15)8-18-5-4-11-2-3-12(7-18)16-11;/h6,9,11-12,16H,2-5,7-8H2,1H3;1H. The molecule has 5 nitrogen and oxygen atoms in total. The van der Waals surface area contributed by atoms with Crippen LogP contribution in [0.25, 0.3) is 4.96 Å². The Bertz CT molecular complexity index is 728. The van der Waals surface area contributed by atoms with E-state index in [-0.39, 0.29) is 18.0 Å². The van der Waals surface area contributed by atoms with E-state index in [0.29, 0.717) is 12.1 Å². The Balaban J connectivity index is 0.00000144. The van der Waals surface area contributed by atoms with Crippen molar-refractivity contribution < 1.29 is 0 Å². The fourth-order valence-corrected chi connectivity index (χ4v) is 4.46. The Morgan fingerprint density at radius 3 is 3.05 bits per heavy atom. The van der Waals surface area contributed by atoms with Crippen molar-refractivity contribution in [1.29, 1.82) is 0 Å². The number of hydrogen-bond acceptors (Lipinski definition) is 5. The van der Waals surface area contributed by atoms with E-state index in [1.165, 1.54) is 19.3 Å². The zero-order valence-corrected chi connectivity index (χ0v) is 14.3. The molecule has 2 unspecified atom stereocenters. The van der Waals surface area contributed by atoms with Crippen molar-refractivity contribution in [1.82, 2.24) is 19.6 Å². The minimum atomic E-state index is 0. The highest BCUT2D eigenvalue weighted by Crippen LogP contribution is 2.21. The molecule has 2 fully saturated rings. The topological polar surface area (TPSA) is 49.6 Å². The molecule has 2 aromatic rings. The van der Waals surface area contributed by atoms with E-state index < -0.39 is 0 Å². The fraction of sp³-hybridized carbons (Fsp3) is 0.600. The summed E-state index contributed by atoms with van der Waals surface area (Å²) < 4.78 is 1.69. The van der Waals surface area contributed by atoms with E-state index in [1.807, 2.05) is 12.3 Å². The lowest BCUT2D eigenvalue weighted by atomic mass is 10.1. The van der Waals surface area contributed by atoms with Crippen LogP contribution >= 0.6 is 23.7 Å². The summed E-state index contributed by atoms with van der Waals surface area (Å²) in [5, 5.41) is 5.68. The van der Waals surface area contributed by atoms with E-state index in [9.17, 15) is 4.79 Å². The molecular weight excluding hydrogens is 320 g/mol. The minimum absolute atomic E-state index is 0. The van der Waals surface area contributed by atoms with Crippen LogP contribution in [0.4, 0.5) is 0 Å². The molecule has 2 aliphatic rings. The van der Waals surface area contributed by atoms with Gasteiger partial charge in [0.2, 0.25) is 0 Å². The highest BCUT2D eigenvalue weighted by Gasteiger charge is 2.29. The van der Waals surface area contributed by atoms with Crippen molar-refractivity contribution in [3.05, 3.63) is 33.2 Å². The van der Waals surface area contributed by atoms with Crippen molar-refractivity contribution in [3.63, 3.8) is 0 Å². The zero-order chi connectivity index (χ0) is 14.4. The van der Waals surface area contributed by atoms with Gasteiger partial charge in [-0.25, -0.2) is 4.98 Å². The lowest BCUT2D eigenvalue weighted by molar-refractivity contribution is 0.248. The Labute approximate surface area is 139 Å². The van der Waals surface area contributed by atoms with Crippen molar-refractivity contribution in [2.24, 2.45) is 0 Å². The summed E-state index contributed by atoms with van der Waals surface area (Å²) in [6, 6.07) is 3.01. The fourth-order valence-electron chi connectivity index (χ4n) is 3.57. The Morgan fingerprint density at radius 2 is 2.18 bits per heavy atom. The molecule has 0 aliphatic carbocycles. The predicted molar refractivity (Wildman–Crippen MR) is 91.2 cm³/mol. The van der Waals surface area contributed by atoms with Gasteiger partial charge in [0.05, 0.1) is 5.69 Å². The third-order valence-electron chi connectivity index (χ3n) is 4.62.